The molecular formula is C25H27N5O3. The summed E-state index contributed by atoms with van der Waals surface area (Å²) in [6.07, 6.45) is 4.94. The van der Waals surface area contributed by atoms with Gasteiger partial charge in [0.2, 0.25) is 11.8 Å². The fourth-order valence-corrected chi connectivity index (χ4v) is 3.22. The minimum atomic E-state index is -0.751. The van der Waals surface area contributed by atoms with Crippen molar-refractivity contribution in [2.24, 2.45) is 0 Å². The van der Waals surface area contributed by atoms with Gasteiger partial charge in [-0.1, -0.05) is 36.8 Å². The minimum absolute atomic E-state index is 0.154. The quantitative estimate of drug-likeness (QED) is 0.280. The van der Waals surface area contributed by atoms with Crippen molar-refractivity contribution in [2.75, 3.05) is 16.4 Å². The van der Waals surface area contributed by atoms with Crippen LogP contribution in [0.3, 0.4) is 0 Å². The number of benzene rings is 2. The SMILES string of the molecule is Nc1ccccc1NC(=O)CCCCC(NC(=O)c1ccccc1)C(=O)Nc1ccncc1. The Morgan fingerprint density at radius 1 is 0.848 bits per heavy atom. The summed E-state index contributed by atoms with van der Waals surface area (Å²) in [5, 5.41) is 8.39. The number of hydrogen-bond acceptors (Lipinski definition) is 5. The van der Waals surface area contributed by atoms with Gasteiger partial charge in [0.25, 0.3) is 5.91 Å². The van der Waals surface area contributed by atoms with E-state index in [0.717, 1.165) is 0 Å². The second-order valence-electron chi connectivity index (χ2n) is 7.50. The monoisotopic (exact) mass is 445 g/mol. The number of nitrogen functional groups attached to an aromatic ring is 1. The molecule has 1 heterocycles. The highest BCUT2D eigenvalue weighted by molar-refractivity contribution is 6.01. The zero-order valence-corrected chi connectivity index (χ0v) is 18.2. The Balaban J connectivity index is 1.55. The molecule has 0 radical (unpaired) electrons. The van der Waals surface area contributed by atoms with E-state index in [9.17, 15) is 14.4 Å². The predicted molar refractivity (Wildman–Crippen MR) is 129 cm³/mol. The summed E-state index contributed by atoms with van der Waals surface area (Å²) in [4.78, 5) is 41.6. The molecule has 0 saturated heterocycles. The van der Waals surface area contributed by atoms with Crippen molar-refractivity contribution in [3.63, 3.8) is 0 Å². The van der Waals surface area contributed by atoms with Gasteiger partial charge >= 0.3 is 0 Å². The zero-order valence-electron chi connectivity index (χ0n) is 18.2. The number of pyridine rings is 1. The van der Waals surface area contributed by atoms with Crippen LogP contribution in [0.15, 0.2) is 79.1 Å². The lowest BCUT2D eigenvalue weighted by molar-refractivity contribution is -0.118. The standard InChI is InChI=1S/C25H27N5O3/c26-20-10-4-5-11-21(20)29-23(31)13-7-6-12-22(25(33)28-19-14-16-27-17-15-19)30-24(32)18-8-2-1-3-9-18/h1-5,8-11,14-17,22H,6-7,12-13,26H2,(H,29,31)(H,30,32)(H,27,28,33). The van der Waals surface area contributed by atoms with E-state index in [0.29, 0.717) is 41.9 Å². The van der Waals surface area contributed by atoms with E-state index < -0.39 is 6.04 Å². The number of rotatable bonds is 10. The molecule has 1 atom stereocenters. The maximum absolute atomic E-state index is 12.8. The van der Waals surface area contributed by atoms with Crippen LogP contribution in [-0.2, 0) is 9.59 Å². The van der Waals surface area contributed by atoms with Gasteiger partial charge in [-0.15, -0.1) is 0 Å². The van der Waals surface area contributed by atoms with Crippen LogP contribution in [0.4, 0.5) is 17.1 Å². The van der Waals surface area contributed by atoms with Crippen molar-refractivity contribution in [3.05, 3.63) is 84.7 Å². The molecule has 2 aromatic carbocycles. The number of nitrogens with zero attached hydrogens (tertiary/aromatic N) is 1. The third kappa shape index (κ3) is 7.46. The normalized spacial score (nSPS) is 11.3. The number of para-hydroxylation sites is 2. The third-order valence-electron chi connectivity index (χ3n) is 4.99. The van der Waals surface area contributed by atoms with Crippen molar-refractivity contribution in [2.45, 2.75) is 31.7 Å². The minimum Gasteiger partial charge on any atom is -0.397 e. The van der Waals surface area contributed by atoms with Gasteiger partial charge in [-0.2, -0.15) is 0 Å². The molecule has 1 unspecified atom stereocenters. The van der Waals surface area contributed by atoms with E-state index in [2.05, 4.69) is 20.9 Å². The predicted octanol–water partition coefficient (Wildman–Crippen LogP) is 3.60. The van der Waals surface area contributed by atoms with E-state index in [1.807, 2.05) is 6.07 Å². The van der Waals surface area contributed by atoms with Crippen molar-refractivity contribution in [1.82, 2.24) is 10.3 Å². The summed E-state index contributed by atoms with van der Waals surface area (Å²) in [6, 6.07) is 18.4. The lowest BCUT2D eigenvalue weighted by atomic mass is 10.1. The van der Waals surface area contributed by atoms with Gasteiger partial charge in [0.1, 0.15) is 6.04 Å². The van der Waals surface area contributed by atoms with Crippen molar-refractivity contribution in [1.29, 1.82) is 0 Å². The first-order chi connectivity index (χ1) is 16.0. The van der Waals surface area contributed by atoms with Crippen molar-refractivity contribution >= 4 is 34.8 Å². The molecule has 8 heteroatoms. The molecule has 0 aliphatic heterocycles. The molecule has 3 rings (SSSR count). The average Bonchev–Trinajstić information content (AvgIpc) is 2.83. The molecule has 0 fully saturated rings. The fraction of sp³-hybridized carbons (Fsp3) is 0.200. The van der Waals surface area contributed by atoms with Gasteiger partial charge in [0, 0.05) is 30.1 Å². The molecule has 3 amide bonds. The maximum atomic E-state index is 12.8. The first kappa shape index (κ1) is 23.5. The third-order valence-corrected chi connectivity index (χ3v) is 4.99. The average molecular weight is 446 g/mol. The van der Waals surface area contributed by atoms with Gasteiger partial charge in [0.05, 0.1) is 11.4 Å². The molecule has 8 nitrogen and oxygen atoms in total. The van der Waals surface area contributed by atoms with Crippen LogP contribution >= 0.6 is 0 Å². The van der Waals surface area contributed by atoms with Crippen molar-refractivity contribution < 1.29 is 14.4 Å². The summed E-state index contributed by atoms with van der Waals surface area (Å²) in [7, 11) is 0. The van der Waals surface area contributed by atoms with E-state index in [1.54, 1.807) is 73.1 Å². The van der Waals surface area contributed by atoms with Gasteiger partial charge in [0.15, 0.2) is 0 Å². The first-order valence-electron chi connectivity index (χ1n) is 10.7. The molecule has 33 heavy (non-hydrogen) atoms. The number of anilines is 3. The van der Waals surface area contributed by atoms with Crippen LogP contribution in [0.25, 0.3) is 0 Å². The lowest BCUT2D eigenvalue weighted by Crippen LogP contribution is -2.43. The highest BCUT2D eigenvalue weighted by Crippen LogP contribution is 2.17. The summed E-state index contributed by atoms with van der Waals surface area (Å²) in [5.41, 5.74) is 7.99. The largest absolute Gasteiger partial charge is 0.397 e. The van der Waals surface area contributed by atoms with E-state index in [1.165, 1.54) is 0 Å². The van der Waals surface area contributed by atoms with Crippen molar-refractivity contribution in [3.8, 4) is 0 Å². The Hall–Kier alpha value is -4.20. The fourth-order valence-electron chi connectivity index (χ4n) is 3.22. The summed E-state index contributed by atoms with van der Waals surface area (Å²) in [6.45, 7) is 0. The van der Waals surface area contributed by atoms with Crippen LogP contribution in [-0.4, -0.2) is 28.7 Å². The van der Waals surface area contributed by atoms with Gasteiger partial charge < -0.3 is 21.7 Å². The highest BCUT2D eigenvalue weighted by atomic mass is 16.2. The molecule has 170 valence electrons. The molecule has 5 N–H and O–H groups in total. The highest BCUT2D eigenvalue weighted by Gasteiger charge is 2.21. The van der Waals surface area contributed by atoms with E-state index in [-0.39, 0.29) is 24.1 Å². The number of unbranched alkanes of at least 4 members (excludes halogenated alkanes) is 1. The second kappa shape index (κ2) is 12.0. The topological polar surface area (TPSA) is 126 Å². The van der Waals surface area contributed by atoms with Crippen LogP contribution in [0.5, 0.6) is 0 Å². The van der Waals surface area contributed by atoms with Crippen LogP contribution in [0, 0.1) is 0 Å². The zero-order chi connectivity index (χ0) is 23.5. The molecule has 3 aromatic rings. The molecular weight excluding hydrogens is 418 g/mol. The van der Waals surface area contributed by atoms with E-state index in [4.69, 9.17) is 5.73 Å². The molecule has 0 aliphatic carbocycles. The Labute approximate surface area is 192 Å². The Kier molecular flexibility index (Phi) is 8.53. The number of aromatic nitrogens is 1. The molecule has 0 bridgehead atoms. The Morgan fingerprint density at radius 3 is 2.27 bits per heavy atom. The molecule has 0 aliphatic rings. The van der Waals surface area contributed by atoms with Gasteiger partial charge in [-0.05, 0) is 49.2 Å². The number of nitrogens with two attached hydrogens (primary N) is 1. The van der Waals surface area contributed by atoms with Crippen LogP contribution in [0.2, 0.25) is 0 Å². The number of carbonyl (C=O) groups is 3. The Bertz CT molecular complexity index is 1070. The molecule has 0 spiro atoms. The summed E-state index contributed by atoms with van der Waals surface area (Å²) in [5.74, 6) is -0.811. The summed E-state index contributed by atoms with van der Waals surface area (Å²) >= 11 is 0. The number of amides is 3. The number of carbonyl (C=O) groups excluding carboxylic acids is 3. The van der Waals surface area contributed by atoms with Crippen LogP contribution in [0.1, 0.15) is 36.0 Å². The molecule has 0 saturated carbocycles. The van der Waals surface area contributed by atoms with Gasteiger partial charge in [-0.25, -0.2) is 0 Å². The first-order valence-corrected chi connectivity index (χ1v) is 10.7. The molecule has 1 aromatic heterocycles. The number of hydrogen-bond donors (Lipinski definition) is 4. The van der Waals surface area contributed by atoms with E-state index >= 15 is 0 Å². The lowest BCUT2D eigenvalue weighted by Gasteiger charge is -2.18. The maximum Gasteiger partial charge on any atom is 0.251 e. The second-order valence-corrected chi connectivity index (χ2v) is 7.50. The van der Waals surface area contributed by atoms with Crippen LogP contribution < -0.4 is 21.7 Å². The summed E-state index contributed by atoms with van der Waals surface area (Å²) < 4.78 is 0. The Morgan fingerprint density at radius 2 is 1.55 bits per heavy atom. The number of nitrogens with one attached hydrogen (secondary N) is 3. The van der Waals surface area contributed by atoms with Gasteiger partial charge in [-0.3, -0.25) is 19.4 Å². The smallest absolute Gasteiger partial charge is 0.251 e.